The summed E-state index contributed by atoms with van der Waals surface area (Å²) in [5.74, 6) is -1.97. The molecular formula is C16H12O5. The van der Waals surface area contributed by atoms with E-state index in [-0.39, 0.29) is 16.7 Å². The highest BCUT2D eigenvalue weighted by molar-refractivity contribution is 6.49. The van der Waals surface area contributed by atoms with Crippen molar-refractivity contribution in [1.82, 2.24) is 0 Å². The van der Waals surface area contributed by atoms with Crippen LogP contribution in [0.1, 0.15) is 31.1 Å². The number of hydrogen-bond acceptors (Lipinski definition) is 4. The molecule has 0 fully saturated rings. The van der Waals surface area contributed by atoms with Gasteiger partial charge in [0.2, 0.25) is 11.6 Å². The van der Waals surface area contributed by atoms with Crippen LogP contribution in [0.15, 0.2) is 48.5 Å². The number of carbonyl (C=O) groups excluding carboxylic acids is 2. The fraction of sp³-hybridized carbons (Fsp3) is 0.0625. The second kappa shape index (κ2) is 6.00. The summed E-state index contributed by atoms with van der Waals surface area (Å²) in [6.45, 7) is 0. The van der Waals surface area contributed by atoms with E-state index in [0.29, 0.717) is 5.75 Å². The molecule has 0 aliphatic carbocycles. The van der Waals surface area contributed by atoms with Crippen molar-refractivity contribution in [3.8, 4) is 5.75 Å². The molecule has 0 spiro atoms. The van der Waals surface area contributed by atoms with Crippen molar-refractivity contribution in [3.05, 3.63) is 65.2 Å². The van der Waals surface area contributed by atoms with Gasteiger partial charge in [-0.25, -0.2) is 4.79 Å². The summed E-state index contributed by atoms with van der Waals surface area (Å²) in [5.41, 5.74) is 0.426. The standard InChI is InChI=1S/C16H12O5/c1-21-13-4-2-3-12(9-13)15(18)14(17)10-5-7-11(8-6-10)16(19)20/h2-9H,1H3,(H,19,20). The van der Waals surface area contributed by atoms with Crippen molar-refractivity contribution < 1.29 is 24.2 Å². The number of Topliss-reactive ketones (excluding diaryl/α,β-unsaturated/α-hetero) is 2. The molecule has 0 saturated heterocycles. The zero-order valence-electron chi connectivity index (χ0n) is 11.2. The smallest absolute Gasteiger partial charge is 0.335 e. The van der Waals surface area contributed by atoms with Gasteiger partial charge < -0.3 is 9.84 Å². The topological polar surface area (TPSA) is 80.7 Å². The van der Waals surface area contributed by atoms with Gasteiger partial charge in [0.05, 0.1) is 12.7 Å². The van der Waals surface area contributed by atoms with Crippen LogP contribution in [0.25, 0.3) is 0 Å². The minimum absolute atomic E-state index is 0.0559. The number of benzene rings is 2. The maximum Gasteiger partial charge on any atom is 0.335 e. The van der Waals surface area contributed by atoms with Crippen LogP contribution < -0.4 is 4.74 Å². The lowest BCUT2D eigenvalue weighted by atomic mass is 10.0. The van der Waals surface area contributed by atoms with E-state index in [4.69, 9.17) is 9.84 Å². The number of aromatic carboxylic acids is 1. The molecule has 0 aliphatic heterocycles. The Balaban J connectivity index is 2.26. The minimum Gasteiger partial charge on any atom is -0.497 e. The van der Waals surface area contributed by atoms with Gasteiger partial charge in [0.25, 0.3) is 0 Å². The Morgan fingerprint density at radius 2 is 1.43 bits per heavy atom. The molecule has 21 heavy (non-hydrogen) atoms. The molecule has 0 radical (unpaired) electrons. The van der Waals surface area contributed by atoms with E-state index >= 15 is 0 Å². The predicted octanol–water partition coefficient (Wildman–Crippen LogP) is 2.46. The number of carboxylic acids is 1. The quantitative estimate of drug-likeness (QED) is 0.673. The molecular weight excluding hydrogens is 272 g/mol. The summed E-state index contributed by atoms with van der Waals surface area (Å²) < 4.78 is 5.00. The van der Waals surface area contributed by atoms with E-state index in [0.717, 1.165) is 0 Å². The summed E-state index contributed by atoms with van der Waals surface area (Å²) in [5, 5.41) is 8.79. The molecule has 5 nitrogen and oxygen atoms in total. The Morgan fingerprint density at radius 3 is 2.00 bits per heavy atom. The van der Waals surface area contributed by atoms with E-state index in [2.05, 4.69) is 0 Å². The second-order valence-corrected chi connectivity index (χ2v) is 4.27. The summed E-state index contributed by atoms with van der Waals surface area (Å²) in [4.78, 5) is 34.9. The zero-order chi connectivity index (χ0) is 15.4. The monoisotopic (exact) mass is 284 g/mol. The normalized spacial score (nSPS) is 9.95. The van der Waals surface area contributed by atoms with E-state index in [1.165, 1.54) is 43.5 Å². The Hall–Kier alpha value is -2.95. The molecule has 2 rings (SSSR count). The SMILES string of the molecule is COc1cccc(C(=O)C(=O)c2ccc(C(=O)O)cc2)c1. The Morgan fingerprint density at radius 1 is 0.857 bits per heavy atom. The fourth-order valence-electron chi connectivity index (χ4n) is 1.79. The van der Waals surface area contributed by atoms with Gasteiger partial charge in [-0.1, -0.05) is 24.3 Å². The number of rotatable bonds is 5. The average molecular weight is 284 g/mol. The van der Waals surface area contributed by atoms with Gasteiger partial charge in [-0.2, -0.15) is 0 Å². The maximum atomic E-state index is 12.1. The third-order valence-electron chi connectivity index (χ3n) is 2.93. The summed E-state index contributed by atoms with van der Waals surface area (Å²) in [6, 6.07) is 11.5. The number of carbonyl (C=O) groups is 3. The van der Waals surface area contributed by atoms with Crippen LogP contribution >= 0.6 is 0 Å². The largest absolute Gasteiger partial charge is 0.497 e. The number of methoxy groups -OCH3 is 1. The number of carboxylic acid groups (broad SMARTS) is 1. The Bertz CT molecular complexity index is 701. The lowest BCUT2D eigenvalue weighted by molar-refractivity contribution is 0.0696. The highest BCUT2D eigenvalue weighted by Gasteiger charge is 2.19. The zero-order valence-corrected chi connectivity index (χ0v) is 11.2. The van der Waals surface area contributed by atoms with E-state index in [9.17, 15) is 14.4 Å². The molecule has 0 atom stereocenters. The van der Waals surface area contributed by atoms with Crippen molar-refractivity contribution >= 4 is 17.5 Å². The van der Waals surface area contributed by atoms with Gasteiger partial charge in [-0.15, -0.1) is 0 Å². The first-order chi connectivity index (χ1) is 10.0. The molecule has 0 amide bonds. The van der Waals surface area contributed by atoms with Gasteiger partial charge in [0.1, 0.15) is 5.75 Å². The van der Waals surface area contributed by atoms with Crippen LogP contribution in [0.4, 0.5) is 0 Å². The predicted molar refractivity (Wildman–Crippen MR) is 75.1 cm³/mol. The molecule has 2 aromatic rings. The number of ether oxygens (including phenoxy) is 1. The van der Waals surface area contributed by atoms with Gasteiger partial charge in [0, 0.05) is 11.1 Å². The third kappa shape index (κ3) is 3.14. The van der Waals surface area contributed by atoms with Gasteiger partial charge in [-0.3, -0.25) is 9.59 Å². The molecule has 2 aromatic carbocycles. The Kier molecular flexibility index (Phi) is 4.13. The molecule has 106 valence electrons. The lowest BCUT2D eigenvalue weighted by Gasteiger charge is -2.04. The van der Waals surface area contributed by atoms with Crippen molar-refractivity contribution in [3.63, 3.8) is 0 Å². The van der Waals surface area contributed by atoms with E-state index < -0.39 is 17.5 Å². The van der Waals surface area contributed by atoms with Gasteiger partial charge in [0.15, 0.2) is 0 Å². The van der Waals surface area contributed by atoms with Crippen LogP contribution in [0.3, 0.4) is 0 Å². The highest BCUT2D eigenvalue weighted by Crippen LogP contribution is 2.15. The van der Waals surface area contributed by atoms with Crippen molar-refractivity contribution in [2.45, 2.75) is 0 Å². The van der Waals surface area contributed by atoms with Gasteiger partial charge >= 0.3 is 5.97 Å². The third-order valence-corrected chi connectivity index (χ3v) is 2.93. The summed E-state index contributed by atoms with van der Waals surface area (Å²) >= 11 is 0. The van der Waals surface area contributed by atoms with E-state index in [1.807, 2.05) is 0 Å². The Labute approximate surface area is 120 Å². The van der Waals surface area contributed by atoms with Gasteiger partial charge in [-0.05, 0) is 24.3 Å². The van der Waals surface area contributed by atoms with E-state index in [1.54, 1.807) is 12.1 Å². The number of ketones is 2. The van der Waals surface area contributed by atoms with Crippen LogP contribution in [0, 0.1) is 0 Å². The van der Waals surface area contributed by atoms with Crippen molar-refractivity contribution in [2.75, 3.05) is 7.11 Å². The molecule has 1 N–H and O–H groups in total. The average Bonchev–Trinajstić information content (AvgIpc) is 2.53. The van der Waals surface area contributed by atoms with Crippen molar-refractivity contribution in [2.24, 2.45) is 0 Å². The molecule has 0 bridgehead atoms. The minimum atomic E-state index is -1.09. The first kappa shape index (κ1) is 14.5. The van der Waals surface area contributed by atoms with Crippen LogP contribution in [0.2, 0.25) is 0 Å². The molecule has 0 heterocycles. The maximum absolute atomic E-state index is 12.1. The molecule has 0 aromatic heterocycles. The van der Waals surface area contributed by atoms with Crippen molar-refractivity contribution in [1.29, 1.82) is 0 Å². The summed E-state index contributed by atoms with van der Waals surface area (Å²) in [7, 11) is 1.47. The fourth-order valence-corrected chi connectivity index (χ4v) is 1.79. The lowest BCUT2D eigenvalue weighted by Crippen LogP contribution is -2.14. The van der Waals surface area contributed by atoms with Crippen LogP contribution in [-0.2, 0) is 0 Å². The first-order valence-corrected chi connectivity index (χ1v) is 6.09. The molecule has 5 heteroatoms. The van der Waals surface area contributed by atoms with Crippen LogP contribution in [0.5, 0.6) is 5.75 Å². The molecule has 0 saturated carbocycles. The highest BCUT2D eigenvalue weighted by atomic mass is 16.5. The van der Waals surface area contributed by atoms with Crippen LogP contribution in [-0.4, -0.2) is 29.8 Å². The molecule has 0 aliphatic rings. The number of hydrogen-bond donors (Lipinski definition) is 1. The molecule has 0 unspecified atom stereocenters. The first-order valence-electron chi connectivity index (χ1n) is 6.09. The summed E-state index contributed by atoms with van der Waals surface area (Å²) in [6.07, 6.45) is 0. The second-order valence-electron chi connectivity index (χ2n) is 4.27.